The van der Waals surface area contributed by atoms with Gasteiger partial charge in [0.2, 0.25) is 0 Å². The summed E-state index contributed by atoms with van der Waals surface area (Å²) in [5.41, 5.74) is 0. The molecule has 0 radical (unpaired) electrons. The highest BCUT2D eigenvalue weighted by atomic mass is 16.4. The van der Waals surface area contributed by atoms with E-state index in [2.05, 4.69) is 6.92 Å². The van der Waals surface area contributed by atoms with Gasteiger partial charge in [0.15, 0.2) is 6.10 Å². The number of aliphatic hydroxyl groups excluding tert-OH is 21. The number of carboxylic acid groups (broad SMARTS) is 1. The molecule has 1 unspecified atom stereocenters. The van der Waals surface area contributed by atoms with Crippen LogP contribution < -0.4 is 0 Å². The van der Waals surface area contributed by atoms with Crippen LogP contribution in [-0.4, -0.2) is 252 Å². The Morgan fingerprint density at radius 2 is 0.443 bits per heavy atom. The zero-order valence-electron chi connectivity index (χ0n) is 35.8. The van der Waals surface area contributed by atoms with Crippen LogP contribution >= 0.6 is 0 Å². The highest BCUT2D eigenvalue weighted by Crippen LogP contribution is 2.13. The molecule has 0 bridgehead atoms. The summed E-state index contributed by atoms with van der Waals surface area (Å²) < 4.78 is 0. The van der Waals surface area contributed by atoms with Gasteiger partial charge < -0.3 is 112 Å². The molecule has 23 nitrogen and oxygen atoms in total. The van der Waals surface area contributed by atoms with Crippen LogP contribution in [0.2, 0.25) is 0 Å². The summed E-state index contributed by atoms with van der Waals surface area (Å²) in [6.07, 6.45) is 5.04. The maximum absolute atomic E-state index is 10.4. The van der Waals surface area contributed by atoms with Crippen molar-refractivity contribution in [2.75, 3.05) is 66.1 Å². The van der Waals surface area contributed by atoms with Crippen LogP contribution in [0.25, 0.3) is 0 Å². The summed E-state index contributed by atoms with van der Waals surface area (Å²) in [5, 5.41) is 183. The van der Waals surface area contributed by atoms with Gasteiger partial charge in [0, 0.05) is 0 Å². The van der Waals surface area contributed by atoms with Crippen LogP contribution in [0.4, 0.5) is 0 Å². The van der Waals surface area contributed by atoms with E-state index in [0.29, 0.717) is 6.42 Å². The zero-order valence-corrected chi connectivity index (χ0v) is 35.8. The predicted molar refractivity (Wildman–Crippen MR) is 219 cm³/mol. The lowest BCUT2D eigenvalue weighted by molar-refractivity contribution is -0.147. The van der Waals surface area contributed by atoms with Crippen LogP contribution in [0.1, 0.15) is 103 Å². The molecule has 23 heteroatoms. The molecule has 61 heavy (non-hydrogen) atoms. The number of rotatable bonds is 31. The lowest BCUT2D eigenvalue weighted by Crippen LogP contribution is -2.31. The van der Waals surface area contributed by atoms with Gasteiger partial charge in [-0.15, -0.1) is 0 Å². The van der Waals surface area contributed by atoms with Gasteiger partial charge in [-0.3, -0.25) is 0 Å². The fourth-order valence-corrected chi connectivity index (χ4v) is 3.87. The van der Waals surface area contributed by atoms with Crippen LogP contribution in [0.15, 0.2) is 0 Å². The molecule has 0 aromatic rings. The van der Waals surface area contributed by atoms with Gasteiger partial charge in [0.1, 0.15) is 61.0 Å². The standard InChI is InChI=1S/C18H36O3.5C4H10O4/c1-2-3-4-5-6-7-8-9-10-11-12-13-14-15-16-17(19)18(20)21;5*5-1-3(7)4(8)2-6/h17,19H,2-16H2,1H3,(H,20,21);5*3-8H,1-2H2/t;5*3-,4+. The molecule has 0 aromatic carbocycles. The SMILES string of the molecule is CCCCCCCCCCCCCCCCC(O)C(=O)O.OC[C@@H](O)[C@@H](O)CO.OC[C@@H](O)[C@@H](O)CO.OC[C@@H](O)[C@@H](O)CO.OC[C@@H](O)[C@@H](O)CO.OC[C@@H](O)[C@@H](O)CO. The highest BCUT2D eigenvalue weighted by molar-refractivity contribution is 5.71. The quantitative estimate of drug-likeness (QED) is 0.0288. The van der Waals surface area contributed by atoms with E-state index in [9.17, 15) is 4.79 Å². The molecule has 376 valence electrons. The van der Waals surface area contributed by atoms with Crippen molar-refractivity contribution in [3.05, 3.63) is 0 Å². The normalized spacial score (nSPS) is 16.1. The molecule has 0 fully saturated rings. The number of aliphatic hydroxyl groups is 21. The summed E-state index contributed by atoms with van der Waals surface area (Å²) in [4.78, 5) is 10.4. The summed E-state index contributed by atoms with van der Waals surface area (Å²) >= 11 is 0. The Labute approximate surface area is 359 Å². The Morgan fingerprint density at radius 1 is 0.295 bits per heavy atom. The van der Waals surface area contributed by atoms with Crippen molar-refractivity contribution in [1.82, 2.24) is 0 Å². The van der Waals surface area contributed by atoms with E-state index in [4.69, 9.17) is 112 Å². The highest BCUT2D eigenvalue weighted by Gasteiger charge is 2.15. The fourth-order valence-electron chi connectivity index (χ4n) is 3.87. The maximum Gasteiger partial charge on any atom is 0.332 e. The van der Waals surface area contributed by atoms with Crippen molar-refractivity contribution >= 4 is 5.97 Å². The van der Waals surface area contributed by atoms with Gasteiger partial charge in [-0.25, -0.2) is 4.79 Å². The molecule has 0 aliphatic rings. The second-order valence-electron chi connectivity index (χ2n) is 13.7. The predicted octanol–water partition coefficient (Wildman–Crippen LogP) is -6.23. The van der Waals surface area contributed by atoms with Gasteiger partial charge in [-0.2, -0.15) is 0 Å². The Morgan fingerprint density at radius 3 is 0.574 bits per heavy atom. The Balaban J connectivity index is -0.000000160. The smallest absolute Gasteiger partial charge is 0.332 e. The van der Waals surface area contributed by atoms with Crippen LogP contribution in [0.3, 0.4) is 0 Å². The van der Waals surface area contributed by atoms with E-state index in [-0.39, 0.29) is 0 Å². The summed E-state index contributed by atoms with van der Waals surface area (Å²) in [6.45, 7) is -3.00. The van der Waals surface area contributed by atoms with Gasteiger partial charge in [0.25, 0.3) is 0 Å². The molecule has 11 atom stereocenters. The van der Waals surface area contributed by atoms with Crippen LogP contribution in [0, 0.1) is 0 Å². The first-order valence-electron chi connectivity index (χ1n) is 20.6. The number of carboxylic acids is 1. The van der Waals surface area contributed by atoms with Crippen molar-refractivity contribution in [2.45, 2.75) is 170 Å². The third kappa shape index (κ3) is 54.7. The third-order valence-electron chi connectivity index (χ3n) is 8.21. The monoisotopic (exact) mass is 911 g/mol. The molecule has 0 spiro atoms. The molecule has 0 saturated carbocycles. The number of hydrogen-bond donors (Lipinski definition) is 22. The fraction of sp³-hybridized carbons (Fsp3) is 0.974. The molecule has 0 aromatic heterocycles. The number of hydrogen-bond acceptors (Lipinski definition) is 22. The molecule has 0 heterocycles. The van der Waals surface area contributed by atoms with Crippen molar-refractivity contribution in [3.8, 4) is 0 Å². The summed E-state index contributed by atoms with van der Waals surface area (Å²) in [5.74, 6) is -1.09. The Bertz CT molecular complexity index is 689. The first-order chi connectivity index (χ1) is 28.8. The Kier molecular flexibility index (Phi) is 64.0. The average Bonchev–Trinajstić information content (AvgIpc) is 3.29. The number of carbonyl (C=O) groups is 1. The second kappa shape index (κ2) is 54.8. The lowest BCUT2D eigenvalue weighted by Gasteiger charge is -2.10. The molecule has 0 amide bonds. The largest absolute Gasteiger partial charge is 0.479 e. The van der Waals surface area contributed by atoms with Crippen molar-refractivity contribution < 1.29 is 117 Å². The van der Waals surface area contributed by atoms with E-state index >= 15 is 0 Å². The Hall–Kier alpha value is -1.37. The molecular weight excluding hydrogens is 824 g/mol. The maximum atomic E-state index is 10.4. The topological polar surface area (TPSA) is 462 Å². The van der Waals surface area contributed by atoms with Gasteiger partial charge in [-0.1, -0.05) is 96.8 Å². The molecular formula is C38H86O23. The first-order valence-corrected chi connectivity index (χ1v) is 20.6. The van der Waals surface area contributed by atoms with Gasteiger partial charge in [-0.05, 0) is 6.42 Å². The van der Waals surface area contributed by atoms with E-state index in [1.807, 2.05) is 0 Å². The average molecular weight is 911 g/mol. The van der Waals surface area contributed by atoms with Crippen molar-refractivity contribution in [1.29, 1.82) is 0 Å². The van der Waals surface area contributed by atoms with E-state index in [0.717, 1.165) is 12.8 Å². The van der Waals surface area contributed by atoms with Crippen molar-refractivity contribution in [3.63, 3.8) is 0 Å². The van der Waals surface area contributed by atoms with Crippen LogP contribution in [0.5, 0.6) is 0 Å². The molecule has 0 aliphatic carbocycles. The molecule has 22 N–H and O–H groups in total. The molecule has 0 aliphatic heterocycles. The molecule has 0 saturated heterocycles. The minimum absolute atomic E-state index is 0.396. The van der Waals surface area contributed by atoms with Gasteiger partial charge in [0.05, 0.1) is 66.1 Å². The summed E-state index contributed by atoms with van der Waals surface area (Å²) in [6, 6.07) is 0. The van der Waals surface area contributed by atoms with E-state index in [1.165, 1.54) is 77.0 Å². The van der Waals surface area contributed by atoms with E-state index < -0.39 is 139 Å². The van der Waals surface area contributed by atoms with Gasteiger partial charge >= 0.3 is 5.97 Å². The zero-order chi connectivity index (χ0) is 48.6. The number of unbranched alkanes of at least 4 members (excludes halogenated alkanes) is 13. The van der Waals surface area contributed by atoms with Crippen LogP contribution in [-0.2, 0) is 4.79 Å². The first kappa shape index (κ1) is 71.3. The minimum Gasteiger partial charge on any atom is -0.479 e. The third-order valence-corrected chi connectivity index (χ3v) is 8.21. The second-order valence-corrected chi connectivity index (χ2v) is 13.7. The van der Waals surface area contributed by atoms with Crippen molar-refractivity contribution in [2.24, 2.45) is 0 Å². The lowest BCUT2D eigenvalue weighted by atomic mass is 10.0. The summed E-state index contributed by atoms with van der Waals surface area (Å²) in [7, 11) is 0. The molecule has 0 rings (SSSR count). The number of aliphatic carboxylic acids is 1. The van der Waals surface area contributed by atoms with E-state index in [1.54, 1.807) is 0 Å². The minimum atomic E-state index is -1.22.